The first-order valence-corrected chi connectivity index (χ1v) is 6.64. The highest BCUT2D eigenvalue weighted by molar-refractivity contribution is 5.71. The molecule has 0 spiro atoms. The van der Waals surface area contributed by atoms with Crippen LogP contribution in [0.25, 0.3) is 0 Å². The number of nitrogens with zero attached hydrogens (tertiary/aromatic N) is 1. The molecule has 0 radical (unpaired) electrons. The van der Waals surface area contributed by atoms with Crippen molar-refractivity contribution in [2.45, 2.75) is 32.6 Å². The second kappa shape index (κ2) is 8.48. The van der Waals surface area contributed by atoms with E-state index in [0.29, 0.717) is 19.1 Å². The summed E-state index contributed by atoms with van der Waals surface area (Å²) in [5.41, 5.74) is 0. The molecule has 17 heavy (non-hydrogen) atoms. The van der Waals surface area contributed by atoms with Gasteiger partial charge in [0.2, 0.25) is 0 Å². The van der Waals surface area contributed by atoms with E-state index in [1.165, 1.54) is 6.42 Å². The third-order valence-electron chi connectivity index (χ3n) is 2.98. The predicted octanol–water partition coefficient (Wildman–Crippen LogP) is 1.69. The van der Waals surface area contributed by atoms with Crippen molar-refractivity contribution in [3.05, 3.63) is 0 Å². The lowest BCUT2D eigenvalue weighted by Gasteiger charge is -2.26. The molecule has 0 aromatic carbocycles. The lowest BCUT2D eigenvalue weighted by Crippen LogP contribution is -2.34. The fourth-order valence-electron chi connectivity index (χ4n) is 2.05. The summed E-state index contributed by atoms with van der Waals surface area (Å²) in [5, 5.41) is 0. The molecular weight excluding hydrogens is 218 g/mol. The van der Waals surface area contributed by atoms with Crippen molar-refractivity contribution in [2.75, 3.05) is 40.0 Å². The van der Waals surface area contributed by atoms with Gasteiger partial charge in [0.05, 0.1) is 19.8 Å². The molecule has 1 aliphatic rings. The van der Waals surface area contributed by atoms with Crippen LogP contribution in [-0.2, 0) is 14.3 Å². The molecule has 0 aromatic heterocycles. The molecule has 100 valence electrons. The van der Waals surface area contributed by atoms with Crippen LogP contribution in [0, 0.1) is 5.92 Å². The highest BCUT2D eigenvalue weighted by Gasteiger charge is 2.17. The van der Waals surface area contributed by atoms with Crippen LogP contribution in [-0.4, -0.2) is 50.8 Å². The average molecular weight is 243 g/mol. The van der Waals surface area contributed by atoms with E-state index in [1.807, 2.05) is 11.9 Å². The molecule has 0 bridgehead atoms. The van der Waals surface area contributed by atoms with Gasteiger partial charge in [-0.2, -0.15) is 0 Å². The summed E-state index contributed by atoms with van der Waals surface area (Å²) in [5.74, 6) is 0.454. The normalized spacial score (nSPS) is 20.5. The van der Waals surface area contributed by atoms with Crippen molar-refractivity contribution in [3.63, 3.8) is 0 Å². The Labute approximate surface area is 104 Å². The van der Waals surface area contributed by atoms with Gasteiger partial charge in [-0.3, -0.25) is 9.69 Å². The van der Waals surface area contributed by atoms with Crippen molar-refractivity contribution in [1.29, 1.82) is 0 Å². The minimum atomic E-state index is -0.113. The first-order chi connectivity index (χ1) is 8.22. The average Bonchev–Trinajstić information content (AvgIpc) is 2.30. The van der Waals surface area contributed by atoms with E-state index in [0.717, 1.165) is 39.0 Å². The minimum absolute atomic E-state index is 0.113. The van der Waals surface area contributed by atoms with Crippen LogP contribution in [0.5, 0.6) is 0 Å². The summed E-state index contributed by atoms with van der Waals surface area (Å²) in [7, 11) is 1.97. The number of esters is 1. The van der Waals surface area contributed by atoms with Gasteiger partial charge in [0.25, 0.3) is 0 Å². The topological polar surface area (TPSA) is 38.8 Å². The maximum Gasteiger partial charge on any atom is 0.320 e. The van der Waals surface area contributed by atoms with E-state index in [4.69, 9.17) is 9.47 Å². The van der Waals surface area contributed by atoms with E-state index in [9.17, 15) is 4.79 Å². The van der Waals surface area contributed by atoms with Crippen LogP contribution in [0.3, 0.4) is 0 Å². The van der Waals surface area contributed by atoms with Crippen molar-refractivity contribution >= 4 is 5.97 Å². The Balaban J connectivity index is 2.10. The Morgan fingerprint density at radius 2 is 2.35 bits per heavy atom. The fraction of sp³-hybridized carbons (Fsp3) is 0.923. The molecule has 0 aromatic rings. The largest absolute Gasteiger partial charge is 0.465 e. The molecule has 4 heteroatoms. The summed E-state index contributed by atoms with van der Waals surface area (Å²) in [6.45, 7) is 5.66. The smallest absolute Gasteiger partial charge is 0.320 e. The van der Waals surface area contributed by atoms with Crippen molar-refractivity contribution in [2.24, 2.45) is 5.92 Å². The maximum absolute atomic E-state index is 11.5. The monoisotopic (exact) mass is 243 g/mol. The SMILES string of the molecule is CCCCOC(=O)CN(C)CC1CCCOC1. The van der Waals surface area contributed by atoms with Crippen molar-refractivity contribution in [1.82, 2.24) is 4.90 Å². The summed E-state index contributed by atoms with van der Waals surface area (Å²) >= 11 is 0. The molecule has 1 saturated heterocycles. The zero-order valence-corrected chi connectivity index (χ0v) is 11.1. The number of carbonyl (C=O) groups is 1. The van der Waals surface area contributed by atoms with Gasteiger partial charge in [0.15, 0.2) is 0 Å². The molecule has 4 nitrogen and oxygen atoms in total. The van der Waals surface area contributed by atoms with Gasteiger partial charge in [0.1, 0.15) is 0 Å². The number of unbranched alkanes of at least 4 members (excludes halogenated alkanes) is 1. The minimum Gasteiger partial charge on any atom is -0.465 e. The Hall–Kier alpha value is -0.610. The number of likely N-dealkylation sites (N-methyl/N-ethyl adjacent to an activating group) is 1. The molecule has 1 rings (SSSR count). The molecule has 0 aliphatic carbocycles. The van der Waals surface area contributed by atoms with E-state index < -0.39 is 0 Å². The standard InChI is InChI=1S/C13H25NO3/c1-3-4-8-17-13(15)10-14(2)9-12-6-5-7-16-11-12/h12H,3-11H2,1-2H3. The van der Waals surface area contributed by atoms with Crippen LogP contribution in [0.1, 0.15) is 32.6 Å². The van der Waals surface area contributed by atoms with Gasteiger partial charge >= 0.3 is 5.97 Å². The van der Waals surface area contributed by atoms with Gasteiger partial charge < -0.3 is 9.47 Å². The van der Waals surface area contributed by atoms with Crippen LogP contribution >= 0.6 is 0 Å². The van der Waals surface area contributed by atoms with Crippen LogP contribution < -0.4 is 0 Å². The first kappa shape index (κ1) is 14.5. The molecule has 1 fully saturated rings. The van der Waals surface area contributed by atoms with Gasteiger partial charge in [0, 0.05) is 13.2 Å². The number of hydrogen-bond acceptors (Lipinski definition) is 4. The quantitative estimate of drug-likeness (QED) is 0.504. The number of carbonyl (C=O) groups excluding carboxylic acids is 1. The third-order valence-corrected chi connectivity index (χ3v) is 2.98. The summed E-state index contributed by atoms with van der Waals surface area (Å²) in [4.78, 5) is 13.5. The number of ether oxygens (including phenoxy) is 2. The van der Waals surface area contributed by atoms with Gasteiger partial charge in [-0.05, 0) is 32.2 Å². The molecule has 1 atom stereocenters. The molecule has 1 aliphatic heterocycles. The van der Waals surface area contributed by atoms with Crippen molar-refractivity contribution < 1.29 is 14.3 Å². The van der Waals surface area contributed by atoms with Crippen LogP contribution in [0.4, 0.5) is 0 Å². The van der Waals surface area contributed by atoms with Crippen LogP contribution in [0.2, 0.25) is 0 Å². The zero-order valence-electron chi connectivity index (χ0n) is 11.1. The Bertz CT molecular complexity index is 215. The second-order valence-corrected chi connectivity index (χ2v) is 4.85. The number of rotatable bonds is 7. The molecule has 0 amide bonds. The van der Waals surface area contributed by atoms with Gasteiger partial charge in [-0.1, -0.05) is 13.3 Å². The maximum atomic E-state index is 11.5. The zero-order chi connectivity index (χ0) is 12.5. The molecule has 1 heterocycles. The molecular formula is C13H25NO3. The van der Waals surface area contributed by atoms with E-state index in [-0.39, 0.29) is 5.97 Å². The number of hydrogen-bond donors (Lipinski definition) is 0. The van der Waals surface area contributed by atoms with Crippen molar-refractivity contribution in [3.8, 4) is 0 Å². The molecule has 0 saturated carbocycles. The lowest BCUT2D eigenvalue weighted by molar-refractivity contribution is -0.145. The second-order valence-electron chi connectivity index (χ2n) is 4.85. The van der Waals surface area contributed by atoms with Crippen LogP contribution in [0.15, 0.2) is 0 Å². The molecule has 1 unspecified atom stereocenters. The highest BCUT2D eigenvalue weighted by Crippen LogP contribution is 2.14. The van der Waals surface area contributed by atoms with E-state index >= 15 is 0 Å². The third kappa shape index (κ3) is 6.64. The Morgan fingerprint density at radius 3 is 3.00 bits per heavy atom. The predicted molar refractivity (Wildman–Crippen MR) is 66.9 cm³/mol. The lowest BCUT2D eigenvalue weighted by atomic mass is 10.0. The highest BCUT2D eigenvalue weighted by atomic mass is 16.5. The van der Waals surface area contributed by atoms with E-state index in [1.54, 1.807) is 0 Å². The fourth-order valence-corrected chi connectivity index (χ4v) is 2.05. The summed E-state index contributed by atoms with van der Waals surface area (Å²) in [6, 6.07) is 0. The Morgan fingerprint density at radius 1 is 1.53 bits per heavy atom. The first-order valence-electron chi connectivity index (χ1n) is 6.64. The van der Waals surface area contributed by atoms with Gasteiger partial charge in [-0.15, -0.1) is 0 Å². The Kier molecular flexibility index (Phi) is 7.21. The molecule has 0 N–H and O–H groups in total. The summed E-state index contributed by atoms with van der Waals surface area (Å²) < 4.78 is 10.6. The summed E-state index contributed by atoms with van der Waals surface area (Å²) in [6.07, 6.45) is 4.35. The van der Waals surface area contributed by atoms with Gasteiger partial charge in [-0.25, -0.2) is 0 Å². The van der Waals surface area contributed by atoms with E-state index in [2.05, 4.69) is 6.92 Å².